The molecule has 0 fully saturated rings. The average molecular weight is 476 g/mol. The maximum Gasteiger partial charge on any atom is 0.135 e. The zero-order valence-corrected chi connectivity index (χ0v) is 16.2. The third-order valence-corrected chi connectivity index (χ3v) is 5.52. The zero-order chi connectivity index (χ0) is 15.0. The molecule has 2 aromatic rings. The molecule has 0 saturated carbocycles. The topological polar surface area (TPSA) is 21.3 Å². The van der Waals surface area contributed by atoms with Crippen LogP contribution in [0.3, 0.4) is 0 Å². The van der Waals surface area contributed by atoms with Crippen molar-refractivity contribution >= 4 is 53.5 Å². The molecule has 2 aromatic carbocycles. The Balaban J connectivity index is 1.89. The second kappa shape index (κ2) is 6.31. The number of hydrogen-bond donors (Lipinski definition) is 1. The molecule has 0 spiro atoms. The van der Waals surface area contributed by atoms with Crippen LogP contribution in [0.2, 0.25) is 0 Å². The number of fused-ring (bicyclic) bond motifs is 1. The van der Waals surface area contributed by atoms with Gasteiger partial charge < -0.3 is 10.1 Å². The summed E-state index contributed by atoms with van der Waals surface area (Å²) in [5.41, 5.74) is 3.85. The molecule has 3 rings (SSSR count). The molecule has 0 heterocycles. The lowest BCUT2D eigenvalue weighted by Crippen LogP contribution is -2.07. The second-order valence-electron chi connectivity index (χ2n) is 5.05. The van der Waals surface area contributed by atoms with Gasteiger partial charge in [-0.3, -0.25) is 0 Å². The van der Waals surface area contributed by atoms with E-state index in [1.54, 1.807) is 7.11 Å². The fraction of sp³-hybridized carbons (Fsp3) is 0.250. The minimum atomic E-state index is 0.343. The normalized spacial score (nSPS) is 16.7. The molecule has 2 nitrogen and oxygen atoms in total. The number of rotatable bonds is 3. The van der Waals surface area contributed by atoms with Crippen LogP contribution in [0.4, 0.5) is 5.69 Å². The van der Waals surface area contributed by atoms with Gasteiger partial charge in [0, 0.05) is 15.0 Å². The van der Waals surface area contributed by atoms with Crippen molar-refractivity contribution in [3.63, 3.8) is 0 Å². The summed E-state index contributed by atoms with van der Waals surface area (Å²) in [4.78, 5) is 0. The van der Waals surface area contributed by atoms with Crippen molar-refractivity contribution in [1.29, 1.82) is 0 Å². The Morgan fingerprint density at radius 1 is 1.10 bits per heavy atom. The van der Waals surface area contributed by atoms with Crippen LogP contribution in [0.15, 0.2) is 43.7 Å². The van der Waals surface area contributed by atoms with Gasteiger partial charge in [0.2, 0.25) is 0 Å². The molecule has 1 aliphatic rings. The third kappa shape index (κ3) is 3.15. The van der Waals surface area contributed by atoms with Gasteiger partial charge in [-0.15, -0.1) is 0 Å². The molecular weight excluding hydrogens is 462 g/mol. The van der Waals surface area contributed by atoms with E-state index in [1.165, 1.54) is 11.1 Å². The average Bonchev–Trinajstić information content (AvgIpc) is 2.84. The lowest BCUT2D eigenvalue weighted by atomic mass is 10.1. The Morgan fingerprint density at radius 3 is 2.67 bits per heavy atom. The van der Waals surface area contributed by atoms with Crippen LogP contribution in [0.1, 0.15) is 23.6 Å². The summed E-state index contributed by atoms with van der Waals surface area (Å²) < 4.78 is 8.49. The van der Waals surface area contributed by atoms with E-state index >= 15 is 0 Å². The van der Waals surface area contributed by atoms with Crippen molar-refractivity contribution in [2.45, 2.75) is 18.9 Å². The summed E-state index contributed by atoms with van der Waals surface area (Å²) in [6.07, 6.45) is 2.22. The van der Waals surface area contributed by atoms with Crippen LogP contribution in [0, 0.1) is 0 Å². The van der Waals surface area contributed by atoms with Gasteiger partial charge in [0.1, 0.15) is 5.75 Å². The summed E-state index contributed by atoms with van der Waals surface area (Å²) in [5.74, 6) is 0.828. The van der Waals surface area contributed by atoms with Crippen LogP contribution in [0.5, 0.6) is 5.75 Å². The number of methoxy groups -OCH3 is 1. The largest absolute Gasteiger partial charge is 0.495 e. The summed E-state index contributed by atoms with van der Waals surface area (Å²) in [7, 11) is 1.68. The van der Waals surface area contributed by atoms with Gasteiger partial charge in [-0.05, 0) is 74.0 Å². The highest BCUT2D eigenvalue weighted by atomic mass is 79.9. The molecule has 1 unspecified atom stereocenters. The van der Waals surface area contributed by atoms with E-state index in [1.807, 2.05) is 12.1 Å². The highest BCUT2D eigenvalue weighted by Gasteiger charge is 2.23. The second-order valence-corrected chi connectivity index (χ2v) is 7.67. The molecule has 1 atom stereocenters. The van der Waals surface area contributed by atoms with E-state index in [0.717, 1.165) is 37.7 Å². The Labute approximate surface area is 149 Å². The number of halogens is 3. The first-order chi connectivity index (χ1) is 10.1. The molecule has 0 aromatic heterocycles. The lowest BCUT2D eigenvalue weighted by molar-refractivity contribution is 0.412. The zero-order valence-electron chi connectivity index (χ0n) is 11.4. The number of anilines is 1. The fourth-order valence-corrected chi connectivity index (χ4v) is 4.40. The lowest BCUT2D eigenvalue weighted by Gasteiger charge is -2.18. The van der Waals surface area contributed by atoms with E-state index < -0.39 is 0 Å². The SMILES string of the molecule is COc1cc(NC2CCc3cc(Br)ccc32)c(Br)cc1Br. The van der Waals surface area contributed by atoms with Crippen molar-refractivity contribution in [1.82, 2.24) is 0 Å². The third-order valence-electron chi connectivity index (χ3n) is 3.75. The summed E-state index contributed by atoms with van der Waals surface area (Å²) in [6, 6.07) is 10.9. The standard InChI is InChI=1S/C16H14Br3NO/c1-21-16-8-15(12(18)7-13(16)19)20-14-5-2-9-6-10(17)3-4-11(9)14/h3-4,6-8,14,20H,2,5H2,1H3. The number of hydrogen-bond acceptors (Lipinski definition) is 2. The van der Waals surface area contributed by atoms with Crippen LogP contribution in [-0.2, 0) is 6.42 Å². The Bertz CT molecular complexity index is 687. The van der Waals surface area contributed by atoms with Crippen molar-refractivity contribution in [3.8, 4) is 5.75 Å². The summed E-state index contributed by atoms with van der Waals surface area (Å²) in [5, 5.41) is 3.62. The smallest absolute Gasteiger partial charge is 0.135 e. The number of benzene rings is 2. The van der Waals surface area contributed by atoms with Crippen molar-refractivity contribution in [3.05, 3.63) is 54.9 Å². The predicted octanol–water partition coefficient (Wildman–Crippen LogP) is 6.08. The molecule has 0 saturated heterocycles. The highest BCUT2D eigenvalue weighted by molar-refractivity contribution is 9.11. The first kappa shape index (κ1) is 15.4. The summed E-state index contributed by atoms with van der Waals surface area (Å²) >= 11 is 10.7. The van der Waals surface area contributed by atoms with Crippen LogP contribution < -0.4 is 10.1 Å². The molecule has 0 aliphatic heterocycles. The van der Waals surface area contributed by atoms with Crippen LogP contribution in [0.25, 0.3) is 0 Å². The van der Waals surface area contributed by atoms with E-state index in [4.69, 9.17) is 4.74 Å². The van der Waals surface area contributed by atoms with E-state index in [9.17, 15) is 0 Å². The highest BCUT2D eigenvalue weighted by Crippen LogP contribution is 2.40. The van der Waals surface area contributed by atoms with Gasteiger partial charge in [-0.2, -0.15) is 0 Å². The Kier molecular flexibility index (Phi) is 4.62. The van der Waals surface area contributed by atoms with Gasteiger partial charge in [-0.25, -0.2) is 0 Å². The number of aryl methyl sites for hydroxylation is 1. The maximum atomic E-state index is 5.38. The van der Waals surface area contributed by atoms with Gasteiger partial charge in [-0.1, -0.05) is 22.0 Å². The Hall–Kier alpha value is -0.520. The molecule has 5 heteroatoms. The Morgan fingerprint density at radius 2 is 1.90 bits per heavy atom. The van der Waals surface area contributed by atoms with Crippen LogP contribution >= 0.6 is 47.8 Å². The molecule has 110 valence electrons. The number of ether oxygens (including phenoxy) is 1. The van der Waals surface area contributed by atoms with Crippen molar-refractivity contribution in [2.75, 3.05) is 12.4 Å². The number of nitrogens with one attached hydrogen (secondary N) is 1. The fourth-order valence-electron chi connectivity index (χ4n) is 2.72. The minimum absolute atomic E-state index is 0.343. The first-order valence-electron chi connectivity index (χ1n) is 6.66. The molecule has 21 heavy (non-hydrogen) atoms. The minimum Gasteiger partial charge on any atom is -0.495 e. The maximum absolute atomic E-state index is 5.38. The van der Waals surface area contributed by atoms with Gasteiger partial charge in [0.15, 0.2) is 0 Å². The molecule has 1 N–H and O–H groups in total. The molecule has 0 bridgehead atoms. The van der Waals surface area contributed by atoms with Crippen molar-refractivity contribution < 1.29 is 4.74 Å². The molecule has 0 amide bonds. The monoisotopic (exact) mass is 473 g/mol. The van der Waals surface area contributed by atoms with E-state index in [-0.39, 0.29) is 0 Å². The summed E-state index contributed by atoms with van der Waals surface area (Å²) in [6.45, 7) is 0. The predicted molar refractivity (Wildman–Crippen MR) is 97.2 cm³/mol. The molecule has 1 aliphatic carbocycles. The van der Waals surface area contributed by atoms with E-state index in [2.05, 4.69) is 71.3 Å². The first-order valence-corrected chi connectivity index (χ1v) is 9.04. The van der Waals surface area contributed by atoms with Gasteiger partial charge in [0.25, 0.3) is 0 Å². The molecule has 0 radical (unpaired) electrons. The van der Waals surface area contributed by atoms with E-state index in [0.29, 0.717) is 6.04 Å². The molecular formula is C16H14Br3NO. The quantitative estimate of drug-likeness (QED) is 0.580. The van der Waals surface area contributed by atoms with Gasteiger partial charge >= 0.3 is 0 Å². The van der Waals surface area contributed by atoms with Crippen LogP contribution in [-0.4, -0.2) is 7.11 Å². The van der Waals surface area contributed by atoms with Gasteiger partial charge in [0.05, 0.1) is 23.3 Å². The van der Waals surface area contributed by atoms with Crippen molar-refractivity contribution in [2.24, 2.45) is 0 Å².